The van der Waals surface area contributed by atoms with Crippen LogP contribution in [0.3, 0.4) is 0 Å². The molecule has 1 aliphatic rings. The molecule has 0 saturated carbocycles. The molecule has 0 atom stereocenters. The number of hydrogen-bond acceptors (Lipinski definition) is 5. The van der Waals surface area contributed by atoms with E-state index < -0.39 is 5.97 Å². The average molecular weight is 349 g/mol. The summed E-state index contributed by atoms with van der Waals surface area (Å²) in [4.78, 5) is 18.2. The highest BCUT2D eigenvalue weighted by atomic mass is 16.5. The summed E-state index contributed by atoms with van der Waals surface area (Å²) in [7, 11) is 0. The van der Waals surface area contributed by atoms with E-state index in [0.717, 1.165) is 35.2 Å². The number of morpholine rings is 1. The summed E-state index contributed by atoms with van der Waals surface area (Å²) in [6, 6.07) is 14.7. The molecule has 132 valence electrons. The number of hydrogen-bond donors (Lipinski definition) is 2. The molecule has 6 nitrogen and oxygen atoms in total. The van der Waals surface area contributed by atoms with Gasteiger partial charge in [-0.3, -0.25) is 0 Å². The minimum absolute atomic E-state index is 0.281. The highest BCUT2D eigenvalue weighted by Crippen LogP contribution is 2.31. The van der Waals surface area contributed by atoms with Crippen molar-refractivity contribution in [2.45, 2.75) is 0 Å². The molecule has 1 aromatic heterocycles. The fourth-order valence-corrected chi connectivity index (χ4v) is 3.33. The third-order valence-corrected chi connectivity index (χ3v) is 4.64. The Bertz CT molecular complexity index is 981. The van der Waals surface area contributed by atoms with E-state index in [9.17, 15) is 9.90 Å². The Morgan fingerprint density at radius 1 is 1.12 bits per heavy atom. The zero-order chi connectivity index (χ0) is 18.1. The van der Waals surface area contributed by atoms with Crippen LogP contribution in [0.1, 0.15) is 10.4 Å². The number of carbonyl (C=O) groups is 1. The number of anilines is 2. The summed E-state index contributed by atoms with van der Waals surface area (Å²) in [6.45, 7) is 2.89. The fraction of sp³-hybridized carbons (Fsp3) is 0.200. The molecule has 3 N–H and O–H groups in total. The minimum Gasteiger partial charge on any atom is -0.478 e. The maximum absolute atomic E-state index is 11.5. The van der Waals surface area contributed by atoms with E-state index >= 15 is 0 Å². The molecule has 0 spiro atoms. The molecule has 2 heterocycles. The zero-order valence-electron chi connectivity index (χ0n) is 14.2. The quantitative estimate of drug-likeness (QED) is 0.756. The van der Waals surface area contributed by atoms with Crippen molar-refractivity contribution in [3.05, 3.63) is 54.1 Å². The molecule has 0 radical (unpaired) electrons. The van der Waals surface area contributed by atoms with Gasteiger partial charge >= 0.3 is 5.97 Å². The van der Waals surface area contributed by atoms with E-state index in [1.807, 2.05) is 36.4 Å². The van der Waals surface area contributed by atoms with E-state index in [4.69, 9.17) is 10.5 Å². The van der Waals surface area contributed by atoms with Gasteiger partial charge in [0.2, 0.25) is 0 Å². The van der Waals surface area contributed by atoms with Crippen LogP contribution in [0.15, 0.2) is 48.5 Å². The van der Waals surface area contributed by atoms with E-state index in [1.54, 1.807) is 12.1 Å². The lowest BCUT2D eigenvalue weighted by Crippen LogP contribution is -2.36. The highest BCUT2D eigenvalue weighted by Gasteiger charge is 2.16. The summed E-state index contributed by atoms with van der Waals surface area (Å²) in [5.41, 5.74) is 9.65. The molecule has 3 aromatic rings. The summed E-state index contributed by atoms with van der Waals surface area (Å²) in [6.07, 6.45) is 0. The van der Waals surface area contributed by atoms with Gasteiger partial charge in [0, 0.05) is 18.5 Å². The normalized spacial score (nSPS) is 14.5. The monoisotopic (exact) mass is 349 g/mol. The minimum atomic E-state index is -0.940. The second-order valence-electron chi connectivity index (χ2n) is 6.25. The number of fused-ring (bicyclic) bond motifs is 1. The molecule has 4 rings (SSSR count). The SMILES string of the molecule is Nc1nc2ccc(-c3ccccc3C(=O)O)cc2cc1N1CCOCC1. The van der Waals surface area contributed by atoms with Crippen molar-refractivity contribution in [1.82, 2.24) is 4.98 Å². The van der Waals surface area contributed by atoms with E-state index in [1.165, 1.54) is 0 Å². The smallest absolute Gasteiger partial charge is 0.336 e. The first-order valence-corrected chi connectivity index (χ1v) is 8.49. The van der Waals surface area contributed by atoms with Gasteiger partial charge in [-0.15, -0.1) is 0 Å². The number of benzene rings is 2. The first-order valence-electron chi connectivity index (χ1n) is 8.49. The number of carboxylic acid groups (broad SMARTS) is 1. The van der Waals surface area contributed by atoms with Gasteiger partial charge in [-0.1, -0.05) is 24.3 Å². The third-order valence-electron chi connectivity index (χ3n) is 4.64. The van der Waals surface area contributed by atoms with Gasteiger partial charge in [0.25, 0.3) is 0 Å². The highest BCUT2D eigenvalue weighted by molar-refractivity contribution is 5.98. The molecule has 6 heteroatoms. The number of rotatable bonds is 3. The standard InChI is InChI=1S/C20H19N3O3/c21-19-18(23-7-9-26-10-8-23)12-14-11-13(5-6-17(14)22-19)15-3-1-2-4-16(15)20(24)25/h1-6,11-12H,7-10H2,(H2,21,22)(H,24,25). The average Bonchev–Trinajstić information content (AvgIpc) is 2.68. The molecular formula is C20H19N3O3. The lowest BCUT2D eigenvalue weighted by molar-refractivity contribution is 0.0697. The van der Waals surface area contributed by atoms with Gasteiger partial charge in [0.15, 0.2) is 0 Å². The summed E-state index contributed by atoms with van der Waals surface area (Å²) < 4.78 is 5.40. The Balaban J connectivity index is 1.82. The summed E-state index contributed by atoms with van der Waals surface area (Å²) in [5, 5.41) is 10.4. The van der Waals surface area contributed by atoms with Crippen LogP contribution in [0.2, 0.25) is 0 Å². The van der Waals surface area contributed by atoms with E-state index in [0.29, 0.717) is 24.6 Å². The first kappa shape index (κ1) is 16.4. The van der Waals surface area contributed by atoms with Crippen molar-refractivity contribution in [2.24, 2.45) is 0 Å². The predicted molar refractivity (Wildman–Crippen MR) is 102 cm³/mol. The van der Waals surface area contributed by atoms with Crippen LogP contribution >= 0.6 is 0 Å². The van der Waals surface area contributed by atoms with Crippen LogP contribution in [0.5, 0.6) is 0 Å². The Labute approximate surface area is 150 Å². The van der Waals surface area contributed by atoms with Crippen LogP contribution < -0.4 is 10.6 Å². The first-order chi connectivity index (χ1) is 12.6. The number of nitrogens with zero attached hydrogens (tertiary/aromatic N) is 2. The number of nitrogen functional groups attached to an aromatic ring is 1. The largest absolute Gasteiger partial charge is 0.478 e. The summed E-state index contributed by atoms with van der Waals surface area (Å²) in [5.74, 6) is -0.441. The van der Waals surface area contributed by atoms with E-state index in [2.05, 4.69) is 9.88 Å². The van der Waals surface area contributed by atoms with Crippen LogP contribution in [-0.4, -0.2) is 42.4 Å². The lowest BCUT2D eigenvalue weighted by atomic mass is 9.98. The Morgan fingerprint density at radius 3 is 2.65 bits per heavy atom. The van der Waals surface area contributed by atoms with Gasteiger partial charge in [0.1, 0.15) is 5.82 Å². The number of ether oxygens (including phenoxy) is 1. The number of aromatic nitrogens is 1. The van der Waals surface area contributed by atoms with Crippen LogP contribution in [0.25, 0.3) is 22.0 Å². The molecule has 1 aliphatic heterocycles. The zero-order valence-corrected chi connectivity index (χ0v) is 14.2. The molecule has 1 saturated heterocycles. The van der Waals surface area contributed by atoms with Crippen molar-refractivity contribution in [2.75, 3.05) is 36.9 Å². The van der Waals surface area contributed by atoms with E-state index in [-0.39, 0.29) is 5.56 Å². The predicted octanol–water partition coefficient (Wildman–Crippen LogP) is 3.02. The van der Waals surface area contributed by atoms with Crippen LogP contribution in [0.4, 0.5) is 11.5 Å². The molecule has 26 heavy (non-hydrogen) atoms. The Morgan fingerprint density at radius 2 is 1.88 bits per heavy atom. The van der Waals surface area contributed by atoms with Gasteiger partial charge in [-0.05, 0) is 35.4 Å². The summed E-state index contributed by atoms with van der Waals surface area (Å²) >= 11 is 0. The molecular weight excluding hydrogens is 330 g/mol. The number of pyridine rings is 1. The van der Waals surface area contributed by atoms with Crippen molar-refractivity contribution < 1.29 is 14.6 Å². The molecule has 2 aromatic carbocycles. The lowest BCUT2D eigenvalue weighted by Gasteiger charge is -2.29. The van der Waals surface area contributed by atoms with Gasteiger partial charge in [0.05, 0.1) is 30.0 Å². The Hall–Kier alpha value is -3.12. The van der Waals surface area contributed by atoms with Gasteiger partial charge in [-0.25, -0.2) is 9.78 Å². The number of aromatic carboxylic acids is 1. The van der Waals surface area contributed by atoms with Crippen molar-refractivity contribution >= 4 is 28.4 Å². The second kappa shape index (κ2) is 6.65. The molecule has 0 amide bonds. The third kappa shape index (κ3) is 2.95. The van der Waals surface area contributed by atoms with Crippen LogP contribution in [-0.2, 0) is 4.74 Å². The van der Waals surface area contributed by atoms with Crippen molar-refractivity contribution in [3.8, 4) is 11.1 Å². The second-order valence-corrected chi connectivity index (χ2v) is 6.25. The molecule has 0 aliphatic carbocycles. The number of carboxylic acids is 1. The maximum atomic E-state index is 11.5. The van der Waals surface area contributed by atoms with Crippen molar-refractivity contribution in [1.29, 1.82) is 0 Å². The molecule has 0 unspecified atom stereocenters. The maximum Gasteiger partial charge on any atom is 0.336 e. The Kier molecular flexibility index (Phi) is 4.18. The van der Waals surface area contributed by atoms with Crippen LogP contribution in [0, 0.1) is 0 Å². The van der Waals surface area contributed by atoms with Gasteiger partial charge in [-0.2, -0.15) is 0 Å². The fourth-order valence-electron chi connectivity index (χ4n) is 3.33. The molecule has 1 fully saturated rings. The number of nitrogens with two attached hydrogens (primary N) is 1. The van der Waals surface area contributed by atoms with Crippen molar-refractivity contribution in [3.63, 3.8) is 0 Å². The van der Waals surface area contributed by atoms with Gasteiger partial charge < -0.3 is 20.5 Å². The molecule has 0 bridgehead atoms. The topological polar surface area (TPSA) is 88.7 Å².